The second-order valence-corrected chi connectivity index (χ2v) is 4.26. The van der Waals surface area contributed by atoms with Gasteiger partial charge in [-0.2, -0.15) is 0 Å². The third-order valence-corrected chi connectivity index (χ3v) is 2.72. The van der Waals surface area contributed by atoms with Crippen molar-refractivity contribution in [3.05, 3.63) is 11.6 Å². The van der Waals surface area contributed by atoms with E-state index in [1.807, 2.05) is 11.8 Å². The Kier molecular flexibility index (Phi) is 5.02. The van der Waals surface area contributed by atoms with E-state index in [0.29, 0.717) is 19.3 Å². The standard InChI is InChI=1S/C12H19NO3/c1-10-5-4-8-13(9-10)11(14)6-2-3-7-12(15)16/h5H,2-4,6-9H2,1H3,(H,15,16). The van der Waals surface area contributed by atoms with Gasteiger partial charge < -0.3 is 10.0 Å². The van der Waals surface area contributed by atoms with E-state index in [0.717, 1.165) is 19.5 Å². The molecule has 1 aliphatic heterocycles. The zero-order valence-electron chi connectivity index (χ0n) is 9.74. The van der Waals surface area contributed by atoms with Gasteiger partial charge >= 0.3 is 5.97 Å². The van der Waals surface area contributed by atoms with Crippen LogP contribution in [0.2, 0.25) is 0 Å². The summed E-state index contributed by atoms with van der Waals surface area (Å²) >= 11 is 0. The summed E-state index contributed by atoms with van der Waals surface area (Å²) in [6.07, 6.45) is 4.99. The molecular formula is C12H19NO3. The van der Waals surface area contributed by atoms with Crippen molar-refractivity contribution in [1.82, 2.24) is 4.90 Å². The maximum absolute atomic E-state index is 11.7. The smallest absolute Gasteiger partial charge is 0.303 e. The molecule has 0 unspecified atom stereocenters. The van der Waals surface area contributed by atoms with Crippen molar-refractivity contribution >= 4 is 11.9 Å². The van der Waals surface area contributed by atoms with Crippen molar-refractivity contribution in [2.24, 2.45) is 0 Å². The molecule has 4 heteroatoms. The zero-order chi connectivity index (χ0) is 12.0. The zero-order valence-corrected chi connectivity index (χ0v) is 9.74. The first-order chi connectivity index (χ1) is 7.59. The Morgan fingerprint density at radius 3 is 2.69 bits per heavy atom. The summed E-state index contributed by atoms with van der Waals surface area (Å²) in [5.41, 5.74) is 1.24. The minimum Gasteiger partial charge on any atom is -0.481 e. The second-order valence-electron chi connectivity index (χ2n) is 4.26. The van der Waals surface area contributed by atoms with Crippen LogP contribution in [-0.2, 0) is 9.59 Å². The van der Waals surface area contributed by atoms with Crippen LogP contribution in [0, 0.1) is 0 Å². The number of nitrogens with zero attached hydrogens (tertiary/aromatic N) is 1. The van der Waals surface area contributed by atoms with Crippen molar-refractivity contribution in [2.45, 2.75) is 39.0 Å². The molecular weight excluding hydrogens is 206 g/mol. The van der Waals surface area contributed by atoms with Crippen molar-refractivity contribution in [1.29, 1.82) is 0 Å². The number of unbranched alkanes of at least 4 members (excludes halogenated alkanes) is 1. The molecule has 0 aromatic carbocycles. The average Bonchev–Trinajstić information content (AvgIpc) is 2.24. The van der Waals surface area contributed by atoms with Crippen LogP contribution in [0.4, 0.5) is 0 Å². The van der Waals surface area contributed by atoms with Gasteiger partial charge in [-0.3, -0.25) is 9.59 Å². The van der Waals surface area contributed by atoms with E-state index in [-0.39, 0.29) is 12.3 Å². The highest BCUT2D eigenvalue weighted by molar-refractivity contribution is 5.76. The molecule has 0 aromatic heterocycles. The predicted octanol–water partition coefficient (Wildman–Crippen LogP) is 1.81. The lowest BCUT2D eigenvalue weighted by atomic mass is 10.1. The number of carbonyl (C=O) groups excluding carboxylic acids is 1. The third kappa shape index (κ3) is 4.47. The Balaban J connectivity index is 2.20. The number of aliphatic carboxylic acids is 1. The lowest BCUT2D eigenvalue weighted by molar-refractivity contribution is -0.137. The third-order valence-electron chi connectivity index (χ3n) is 2.72. The summed E-state index contributed by atoms with van der Waals surface area (Å²) in [7, 11) is 0. The maximum Gasteiger partial charge on any atom is 0.303 e. The van der Waals surface area contributed by atoms with Gasteiger partial charge in [0.25, 0.3) is 0 Å². The van der Waals surface area contributed by atoms with Crippen molar-refractivity contribution in [3.8, 4) is 0 Å². The molecule has 0 saturated heterocycles. The molecule has 0 saturated carbocycles. The number of amides is 1. The van der Waals surface area contributed by atoms with Gasteiger partial charge in [0, 0.05) is 25.9 Å². The Hall–Kier alpha value is -1.32. The second kappa shape index (κ2) is 6.30. The molecule has 0 aromatic rings. The maximum atomic E-state index is 11.7. The molecule has 0 radical (unpaired) electrons. The van der Waals surface area contributed by atoms with Crippen molar-refractivity contribution in [3.63, 3.8) is 0 Å². The lowest BCUT2D eigenvalue weighted by Gasteiger charge is -2.26. The Morgan fingerprint density at radius 1 is 1.38 bits per heavy atom. The van der Waals surface area contributed by atoms with Gasteiger partial charge in [0.2, 0.25) is 5.91 Å². The van der Waals surface area contributed by atoms with E-state index < -0.39 is 5.97 Å². The summed E-state index contributed by atoms with van der Waals surface area (Å²) in [5, 5.41) is 8.46. The summed E-state index contributed by atoms with van der Waals surface area (Å²) in [4.78, 5) is 23.9. The minimum atomic E-state index is -0.788. The van der Waals surface area contributed by atoms with E-state index in [9.17, 15) is 9.59 Å². The topological polar surface area (TPSA) is 57.6 Å². The van der Waals surface area contributed by atoms with Crippen LogP contribution >= 0.6 is 0 Å². The van der Waals surface area contributed by atoms with Crippen LogP contribution in [0.15, 0.2) is 11.6 Å². The molecule has 90 valence electrons. The molecule has 1 aliphatic rings. The molecule has 1 rings (SSSR count). The summed E-state index contributed by atoms with van der Waals surface area (Å²) < 4.78 is 0. The first kappa shape index (κ1) is 12.7. The number of carboxylic acid groups (broad SMARTS) is 1. The van der Waals surface area contributed by atoms with Crippen LogP contribution in [0.1, 0.15) is 39.0 Å². The SMILES string of the molecule is CC1=CCCN(C(=O)CCCCC(=O)O)C1. The summed E-state index contributed by atoms with van der Waals surface area (Å²) in [6, 6.07) is 0. The molecule has 16 heavy (non-hydrogen) atoms. The Labute approximate surface area is 95.9 Å². The number of hydrogen-bond donors (Lipinski definition) is 1. The van der Waals surface area contributed by atoms with Gasteiger partial charge in [-0.05, 0) is 26.2 Å². The fraction of sp³-hybridized carbons (Fsp3) is 0.667. The largest absolute Gasteiger partial charge is 0.481 e. The Bertz CT molecular complexity index is 297. The molecule has 0 aliphatic carbocycles. The molecule has 0 spiro atoms. The van der Waals surface area contributed by atoms with Gasteiger partial charge in [-0.1, -0.05) is 11.6 Å². The van der Waals surface area contributed by atoms with E-state index >= 15 is 0 Å². The van der Waals surface area contributed by atoms with Gasteiger partial charge in [0.15, 0.2) is 0 Å². The van der Waals surface area contributed by atoms with Crippen LogP contribution in [-0.4, -0.2) is 35.0 Å². The number of rotatable bonds is 5. The van der Waals surface area contributed by atoms with Gasteiger partial charge in [-0.15, -0.1) is 0 Å². The normalized spacial score (nSPS) is 15.8. The molecule has 1 heterocycles. The predicted molar refractivity (Wildman–Crippen MR) is 61.1 cm³/mol. The van der Waals surface area contributed by atoms with Crippen LogP contribution in [0.3, 0.4) is 0 Å². The van der Waals surface area contributed by atoms with Gasteiger partial charge in [0.1, 0.15) is 0 Å². The average molecular weight is 225 g/mol. The molecule has 0 fully saturated rings. The van der Waals surface area contributed by atoms with Crippen LogP contribution in [0.5, 0.6) is 0 Å². The van der Waals surface area contributed by atoms with E-state index in [1.165, 1.54) is 5.57 Å². The fourth-order valence-corrected chi connectivity index (χ4v) is 1.83. The lowest BCUT2D eigenvalue weighted by Crippen LogP contribution is -2.35. The highest BCUT2D eigenvalue weighted by Gasteiger charge is 2.15. The number of carbonyl (C=O) groups is 2. The first-order valence-corrected chi connectivity index (χ1v) is 5.75. The highest BCUT2D eigenvalue weighted by Crippen LogP contribution is 2.11. The molecule has 1 amide bonds. The summed E-state index contributed by atoms with van der Waals surface area (Å²) in [5.74, 6) is -0.637. The van der Waals surface area contributed by atoms with E-state index in [2.05, 4.69) is 6.08 Å². The quantitative estimate of drug-likeness (QED) is 0.573. The molecule has 4 nitrogen and oxygen atoms in total. The van der Waals surface area contributed by atoms with Crippen molar-refractivity contribution < 1.29 is 14.7 Å². The van der Waals surface area contributed by atoms with Crippen LogP contribution < -0.4 is 0 Å². The van der Waals surface area contributed by atoms with E-state index in [1.54, 1.807) is 0 Å². The highest BCUT2D eigenvalue weighted by atomic mass is 16.4. The molecule has 1 N–H and O–H groups in total. The first-order valence-electron chi connectivity index (χ1n) is 5.75. The van der Waals surface area contributed by atoms with E-state index in [4.69, 9.17) is 5.11 Å². The monoisotopic (exact) mass is 225 g/mol. The summed E-state index contributed by atoms with van der Waals surface area (Å²) in [6.45, 7) is 3.57. The number of hydrogen-bond acceptors (Lipinski definition) is 2. The Morgan fingerprint density at radius 2 is 2.06 bits per heavy atom. The molecule has 0 bridgehead atoms. The van der Waals surface area contributed by atoms with Crippen molar-refractivity contribution in [2.75, 3.05) is 13.1 Å². The van der Waals surface area contributed by atoms with Gasteiger partial charge in [-0.25, -0.2) is 0 Å². The van der Waals surface area contributed by atoms with Gasteiger partial charge in [0.05, 0.1) is 0 Å². The minimum absolute atomic E-state index is 0.151. The van der Waals surface area contributed by atoms with Crippen LogP contribution in [0.25, 0.3) is 0 Å². The number of carboxylic acids is 1. The fourth-order valence-electron chi connectivity index (χ4n) is 1.83. The molecule has 0 atom stereocenters.